The Balaban J connectivity index is 3.38. The summed E-state index contributed by atoms with van der Waals surface area (Å²) in [6, 6.07) is 0. The van der Waals surface area contributed by atoms with E-state index in [-0.39, 0.29) is 0 Å². The zero-order chi connectivity index (χ0) is 11.1. The quantitative estimate of drug-likeness (QED) is 0.741. The van der Waals surface area contributed by atoms with E-state index in [1.54, 1.807) is 11.6 Å². The fraction of sp³-hybridized carbons (Fsp3) is 0.500. The number of aliphatic carboxylic acids is 1. The van der Waals surface area contributed by atoms with Gasteiger partial charge in [0, 0.05) is 13.2 Å². The van der Waals surface area contributed by atoms with E-state index >= 15 is 0 Å². The number of hydrogen-bond donors (Lipinski definition) is 2. The highest BCUT2D eigenvalue weighted by atomic mass is 16.4. The highest BCUT2D eigenvalue weighted by Gasteiger charge is 2.36. The van der Waals surface area contributed by atoms with Crippen LogP contribution in [0, 0.1) is 13.8 Å². The Bertz CT molecular complexity index is 377. The first-order chi connectivity index (χ1) is 6.28. The molecule has 4 heteroatoms. The number of aliphatic hydroxyl groups is 1. The molecule has 14 heavy (non-hydrogen) atoms. The molecule has 1 atom stereocenters. The Morgan fingerprint density at radius 2 is 2.00 bits per heavy atom. The maximum atomic E-state index is 10.9. The van der Waals surface area contributed by atoms with Gasteiger partial charge in [-0.15, -0.1) is 0 Å². The van der Waals surface area contributed by atoms with E-state index in [4.69, 9.17) is 5.11 Å². The lowest BCUT2D eigenvalue weighted by molar-refractivity contribution is -0.158. The molecule has 0 saturated carbocycles. The lowest BCUT2D eigenvalue weighted by atomic mass is 9.98. The molecular weight excluding hydrogens is 182 g/mol. The number of nitrogens with zero attached hydrogens (tertiary/aromatic N) is 1. The molecule has 0 aliphatic heterocycles. The second-order valence-corrected chi connectivity index (χ2v) is 3.77. The van der Waals surface area contributed by atoms with Crippen LogP contribution < -0.4 is 0 Å². The van der Waals surface area contributed by atoms with Crippen LogP contribution in [0.3, 0.4) is 0 Å². The summed E-state index contributed by atoms with van der Waals surface area (Å²) in [4.78, 5) is 10.9. The molecule has 0 aromatic carbocycles. The van der Waals surface area contributed by atoms with E-state index in [0.717, 1.165) is 11.1 Å². The van der Waals surface area contributed by atoms with E-state index in [1.807, 2.05) is 20.0 Å². The molecule has 1 aromatic heterocycles. The molecule has 2 N–H and O–H groups in total. The first-order valence-corrected chi connectivity index (χ1v) is 4.37. The molecule has 0 fully saturated rings. The summed E-state index contributed by atoms with van der Waals surface area (Å²) in [5.74, 6) is -1.23. The maximum Gasteiger partial charge on any atom is 0.341 e. The summed E-state index contributed by atoms with van der Waals surface area (Å²) in [5, 5.41) is 18.7. The van der Waals surface area contributed by atoms with Crippen molar-refractivity contribution in [2.24, 2.45) is 7.05 Å². The van der Waals surface area contributed by atoms with E-state index < -0.39 is 11.6 Å². The zero-order valence-corrected chi connectivity index (χ0v) is 8.83. The van der Waals surface area contributed by atoms with Crippen molar-refractivity contribution in [1.29, 1.82) is 0 Å². The largest absolute Gasteiger partial charge is 0.479 e. The number of aromatic nitrogens is 1. The number of carbonyl (C=O) groups is 1. The lowest BCUT2D eigenvalue weighted by Crippen LogP contribution is -2.34. The fourth-order valence-electron chi connectivity index (χ4n) is 1.71. The molecule has 0 amide bonds. The van der Waals surface area contributed by atoms with E-state index in [1.165, 1.54) is 6.92 Å². The SMILES string of the molecule is Cc1cn(C)c(C(C)(O)C(=O)O)c1C. The van der Waals surface area contributed by atoms with E-state index in [0.29, 0.717) is 5.69 Å². The summed E-state index contributed by atoms with van der Waals surface area (Å²) in [6.07, 6.45) is 1.81. The predicted molar refractivity (Wildman–Crippen MR) is 52.1 cm³/mol. The third-order valence-electron chi connectivity index (χ3n) is 2.56. The van der Waals surface area contributed by atoms with E-state index in [2.05, 4.69) is 0 Å². The van der Waals surface area contributed by atoms with Gasteiger partial charge in [-0.2, -0.15) is 0 Å². The highest BCUT2D eigenvalue weighted by molar-refractivity contribution is 5.78. The van der Waals surface area contributed by atoms with Crippen LogP contribution in [0.5, 0.6) is 0 Å². The molecule has 0 bridgehead atoms. The minimum Gasteiger partial charge on any atom is -0.479 e. The Labute approximate surface area is 82.8 Å². The predicted octanol–water partition coefficient (Wildman–Crippen LogP) is 0.934. The van der Waals surface area contributed by atoms with Crippen molar-refractivity contribution in [2.75, 3.05) is 0 Å². The van der Waals surface area contributed by atoms with Gasteiger partial charge in [0.2, 0.25) is 0 Å². The van der Waals surface area contributed by atoms with Crippen LogP contribution in [0.15, 0.2) is 6.20 Å². The van der Waals surface area contributed by atoms with Crippen LogP contribution in [0.2, 0.25) is 0 Å². The van der Waals surface area contributed by atoms with Crippen molar-refractivity contribution in [3.8, 4) is 0 Å². The van der Waals surface area contributed by atoms with Crippen molar-refractivity contribution in [3.63, 3.8) is 0 Å². The number of carboxylic acids is 1. The molecule has 0 spiro atoms. The van der Waals surface area contributed by atoms with Crippen molar-refractivity contribution in [2.45, 2.75) is 26.4 Å². The van der Waals surface area contributed by atoms with Gasteiger partial charge < -0.3 is 14.8 Å². The van der Waals surface area contributed by atoms with Crippen LogP contribution in [0.4, 0.5) is 0 Å². The van der Waals surface area contributed by atoms with Gasteiger partial charge in [-0.3, -0.25) is 0 Å². The van der Waals surface area contributed by atoms with Crippen molar-refractivity contribution in [3.05, 3.63) is 23.0 Å². The number of hydrogen-bond acceptors (Lipinski definition) is 2. The van der Waals surface area contributed by atoms with Gasteiger partial charge in [0.15, 0.2) is 5.60 Å². The zero-order valence-electron chi connectivity index (χ0n) is 8.83. The number of rotatable bonds is 2. The third kappa shape index (κ3) is 1.42. The molecule has 0 radical (unpaired) electrons. The van der Waals surface area contributed by atoms with Crippen LogP contribution in [0.1, 0.15) is 23.7 Å². The van der Waals surface area contributed by atoms with Gasteiger partial charge in [0.05, 0.1) is 5.69 Å². The summed E-state index contributed by atoms with van der Waals surface area (Å²) in [5.41, 5.74) is 0.402. The Hall–Kier alpha value is -1.29. The van der Waals surface area contributed by atoms with Gasteiger partial charge in [-0.25, -0.2) is 4.79 Å². The minimum absolute atomic E-state index is 0.433. The third-order valence-corrected chi connectivity index (χ3v) is 2.56. The smallest absolute Gasteiger partial charge is 0.341 e. The molecular formula is C10H15NO3. The summed E-state index contributed by atoms with van der Waals surface area (Å²) in [7, 11) is 1.73. The number of carboxylic acid groups (broad SMARTS) is 1. The van der Waals surface area contributed by atoms with Gasteiger partial charge >= 0.3 is 5.97 Å². The molecule has 1 unspecified atom stereocenters. The van der Waals surface area contributed by atoms with Gasteiger partial charge in [0.25, 0.3) is 0 Å². The number of aryl methyl sites for hydroxylation is 2. The molecule has 0 aliphatic rings. The second-order valence-electron chi connectivity index (χ2n) is 3.77. The van der Waals surface area contributed by atoms with Crippen LogP contribution in [-0.4, -0.2) is 20.7 Å². The van der Waals surface area contributed by atoms with Crippen LogP contribution >= 0.6 is 0 Å². The first-order valence-electron chi connectivity index (χ1n) is 4.37. The summed E-state index contributed by atoms with van der Waals surface area (Å²) >= 11 is 0. The summed E-state index contributed by atoms with van der Waals surface area (Å²) < 4.78 is 1.65. The molecule has 4 nitrogen and oxygen atoms in total. The molecule has 0 aliphatic carbocycles. The molecule has 1 rings (SSSR count). The van der Waals surface area contributed by atoms with Crippen molar-refractivity contribution < 1.29 is 15.0 Å². The molecule has 1 heterocycles. The lowest BCUT2D eigenvalue weighted by Gasteiger charge is -2.20. The Morgan fingerprint density at radius 3 is 2.29 bits per heavy atom. The molecule has 1 aromatic rings. The second kappa shape index (κ2) is 3.13. The normalized spacial score (nSPS) is 15.2. The maximum absolute atomic E-state index is 10.9. The average molecular weight is 197 g/mol. The van der Waals surface area contributed by atoms with Gasteiger partial charge in [-0.05, 0) is 31.9 Å². The summed E-state index contributed by atoms with van der Waals surface area (Å²) in [6.45, 7) is 4.98. The fourth-order valence-corrected chi connectivity index (χ4v) is 1.71. The van der Waals surface area contributed by atoms with Gasteiger partial charge in [-0.1, -0.05) is 0 Å². The molecule has 0 saturated heterocycles. The standard InChI is InChI=1S/C10H15NO3/c1-6-5-11(4)8(7(6)2)10(3,14)9(12)13/h5,14H,1-4H3,(H,12,13). The van der Waals surface area contributed by atoms with E-state index in [9.17, 15) is 9.90 Å². The monoisotopic (exact) mass is 197 g/mol. The van der Waals surface area contributed by atoms with Crippen molar-refractivity contribution in [1.82, 2.24) is 4.57 Å². The topological polar surface area (TPSA) is 62.5 Å². The van der Waals surface area contributed by atoms with Gasteiger partial charge in [0.1, 0.15) is 0 Å². The van der Waals surface area contributed by atoms with Crippen LogP contribution in [-0.2, 0) is 17.4 Å². The first kappa shape index (κ1) is 10.8. The average Bonchev–Trinajstić information content (AvgIpc) is 2.26. The Kier molecular flexibility index (Phi) is 2.41. The van der Waals surface area contributed by atoms with Crippen molar-refractivity contribution >= 4 is 5.97 Å². The molecule has 78 valence electrons. The Morgan fingerprint density at radius 1 is 1.50 bits per heavy atom. The highest BCUT2D eigenvalue weighted by Crippen LogP contribution is 2.27. The van der Waals surface area contributed by atoms with Crippen LogP contribution in [0.25, 0.3) is 0 Å². The minimum atomic E-state index is -1.83.